The highest BCUT2D eigenvalue weighted by Gasteiger charge is 2.37. The summed E-state index contributed by atoms with van der Waals surface area (Å²) in [4.78, 5) is 4.46. The van der Waals surface area contributed by atoms with Crippen LogP contribution in [0.25, 0.3) is 0 Å². The van der Waals surface area contributed by atoms with E-state index in [9.17, 15) is 5.11 Å². The van der Waals surface area contributed by atoms with Crippen LogP contribution in [0.3, 0.4) is 0 Å². The molecule has 3 heteroatoms. The predicted octanol–water partition coefficient (Wildman–Crippen LogP) is 2.61. The molecule has 1 aliphatic rings. The number of aromatic nitrogens is 2. The fraction of sp³-hybridized carbons (Fsp3) is 0.769. The van der Waals surface area contributed by atoms with Crippen molar-refractivity contribution < 1.29 is 5.11 Å². The van der Waals surface area contributed by atoms with Crippen LogP contribution >= 0.6 is 0 Å². The normalized spacial score (nSPS) is 29.3. The molecular weight excluding hydrogens is 200 g/mol. The molecule has 1 N–H and O–H groups in total. The maximum Gasteiger partial charge on any atom is 0.106 e. The number of aliphatic hydroxyl groups excluding tert-OH is 1. The molecule has 2 unspecified atom stereocenters. The van der Waals surface area contributed by atoms with Gasteiger partial charge in [0.1, 0.15) is 5.82 Å². The highest BCUT2D eigenvalue weighted by molar-refractivity contribution is 5.05. The van der Waals surface area contributed by atoms with Crippen molar-refractivity contribution >= 4 is 0 Å². The Labute approximate surface area is 97.5 Å². The molecule has 0 bridgehead atoms. The van der Waals surface area contributed by atoms with E-state index in [1.807, 2.05) is 13.8 Å². The van der Waals surface area contributed by atoms with Crippen molar-refractivity contribution in [3.63, 3.8) is 0 Å². The third kappa shape index (κ3) is 2.01. The number of aliphatic hydroxyl groups is 1. The predicted molar refractivity (Wildman–Crippen MR) is 64.4 cm³/mol. The van der Waals surface area contributed by atoms with Crippen molar-refractivity contribution in [2.45, 2.75) is 59.1 Å². The first-order valence-corrected chi connectivity index (χ1v) is 6.10. The smallest absolute Gasteiger partial charge is 0.106 e. The van der Waals surface area contributed by atoms with Gasteiger partial charge >= 0.3 is 0 Å². The Balaban J connectivity index is 2.33. The summed E-state index contributed by atoms with van der Waals surface area (Å²) in [7, 11) is 0. The third-order valence-corrected chi connectivity index (χ3v) is 3.89. The second-order valence-electron chi connectivity index (χ2n) is 5.77. The molecule has 90 valence electrons. The van der Waals surface area contributed by atoms with E-state index in [2.05, 4.69) is 29.6 Å². The lowest BCUT2D eigenvalue weighted by Crippen LogP contribution is -2.36. The summed E-state index contributed by atoms with van der Waals surface area (Å²) in [6.07, 6.45) is 4.81. The van der Waals surface area contributed by atoms with Gasteiger partial charge in [-0.2, -0.15) is 0 Å². The summed E-state index contributed by atoms with van der Waals surface area (Å²) in [5.41, 5.74) is 1.31. The SMILES string of the molecule is Cc1cn(C2CC(O)CCC2(C)C)c(C)n1. The molecule has 3 nitrogen and oxygen atoms in total. The van der Waals surface area contributed by atoms with Gasteiger partial charge in [-0.15, -0.1) is 0 Å². The number of aryl methyl sites for hydroxylation is 2. The molecule has 1 aromatic rings. The zero-order valence-electron chi connectivity index (χ0n) is 10.7. The zero-order valence-corrected chi connectivity index (χ0v) is 10.7. The van der Waals surface area contributed by atoms with Gasteiger partial charge in [-0.3, -0.25) is 0 Å². The molecule has 16 heavy (non-hydrogen) atoms. The van der Waals surface area contributed by atoms with Gasteiger partial charge < -0.3 is 9.67 Å². The van der Waals surface area contributed by atoms with Crippen LogP contribution in [0.5, 0.6) is 0 Å². The quantitative estimate of drug-likeness (QED) is 0.793. The van der Waals surface area contributed by atoms with Gasteiger partial charge in [0.15, 0.2) is 0 Å². The summed E-state index contributed by atoms with van der Waals surface area (Å²) >= 11 is 0. The lowest BCUT2D eigenvalue weighted by molar-refractivity contribution is 0.0335. The lowest BCUT2D eigenvalue weighted by Gasteiger charge is -2.41. The molecule has 1 saturated carbocycles. The van der Waals surface area contributed by atoms with Crippen molar-refractivity contribution in [3.8, 4) is 0 Å². The van der Waals surface area contributed by atoms with Gasteiger partial charge in [0.05, 0.1) is 11.8 Å². The van der Waals surface area contributed by atoms with Gasteiger partial charge in [0.25, 0.3) is 0 Å². The minimum Gasteiger partial charge on any atom is -0.393 e. The van der Waals surface area contributed by atoms with E-state index in [1.165, 1.54) is 0 Å². The van der Waals surface area contributed by atoms with Crippen molar-refractivity contribution in [3.05, 3.63) is 17.7 Å². The minimum atomic E-state index is -0.153. The lowest BCUT2D eigenvalue weighted by atomic mass is 9.72. The van der Waals surface area contributed by atoms with Gasteiger partial charge in [-0.1, -0.05) is 13.8 Å². The molecule has 1 heterocycles. The van der Waals surface area contributed by atoms with Gasteiger partial charge in [0.2, 0.25) is 0 Å². The molecule has 0 saturated heterocycles. The molecule has 1 aliphatic carbocycles. The monoisotopic (exact) mass is 222 g/mol. The number of rotatable bonds is 1. The fourth-order valence-corrected chi connectivity index (χ4v) is 2.84. The van der Waals surface area contributed by atoms with E-state index in [0.29, 0.717) is 6.04 Å². The Kier molecular flexibility index (Phi) is 2.82. The van der Waals surface area contributed by atoms with E-state index in [0.717, 1.165) is 30.8 Å². The van der Waals surface area contributed by atoms with E-state index < -0.39 is 0 Å². The van der Waals surface area contributed by atoms with Crippen molar-refractivity contribution in [2.24, 2.45) is 5.41 Å². The van der Waals surface area contributed by atoms with Crippen LogP contribution in [0.15, 0.2) is 6.20 Å². The second kappa shape index (κ2) is 3.88. The van der Waals surface area contributed by atoms with Crippen LogP contribution in [0.2, 0.25) is 0 Å². The summed E-state index contributed by atoms with van der Waals surface area (Å²) < 4.78 is 2.25. The largest absolute Gasteiger partial charge is 0.393 e. The Hall–Kier alpha value is -0.830. The molecular formula is C13H22N2O. The highest BCUT2D eigenvalue weighted by atomic mass is 16.3. The molecule has 1 fully saturated rings. The molecule has 0 aromatic carbocycles. The molecule has 2 rings (SSSR count). The number of hydrogen-bond acceptors (Lipinski definition) is 2. The van der Waals surface area contributed by atoms with Crippen LogP contribution in [0.4, 0.5) is 0 Å². The topological polar surface area (TPSA) is 38.0 Å². The Bertz CT molecular complexity index is 381. The van der Waals surface area contributed by atoms with E-state index in [-0.39, 0.29) is 11.5 Å². The van der Waals surface area contributed by atoms with E-state index in [4.69, 9.17) is 0 Å². The third-order valence-electron chi connectivity index (χ3n) is 3.89. The van der Waals surface area contributed by atoms with Crippen LogP contribution in [-0.4, -0.2) is 20.8 Å². The molecule has 1 aromatic heterocycles. The molecule has 2 atom stereocenters. The number of nitrogens with zero attached hydrogens (tertiary/aromatic N) is 2. The molecule has 0 amide bonds. The first-order valence-electron chi connectivity index (χ1n) is 6.10. The van der Waals surface area contributed by atoms with Crippen LogP contribution in [0, 0.1) is 19.3 Å². The Morgan fingerprint density at radius 1 is 1.44 bits per heavy atom. The van der Waals surface area contributed by atoms with Gasteiger partial charge in [-0.05, 0) is 38.5 Å². The minimum absolute atomic E-state index is 0.153. The van der Waals surface area contributed by atoms with Gasteiger partial charge in [0, 0.05) is 12.2 Å². The average Bonchev–Trinajstić information content (AvgIpc) is 2.50. The first kappa shape index (κ1) is 11.6. The van der Waals surface area contributed by atoms with Crippen LogP contribution < -0.4 is 0 Å². The molecule has 0 aliphatic heterocycles. The maximum atomic E-state index is 9.84. The van der Waals surface area contributed by atoms with Crippen molar-refractivity contribution in [1.29, 1.82) is 0 Å². The van der Waals surface area contributed by atoms with Crippen molar-refractivity contribution in [2.75, 3.05) is 0 Å². The fourth-order valence-electron chi connectivity index (χ4n) is 2.84. The van der Waals surface area contributed by atoms with Crippen LogP contribution in [-0.2, 0) is 0 Å². The number of imidazole rings is 1. The standard InChI is InChI=1S/C13H22N2O/c1-9-8-15(10(2)14-9)12-7-11(16)5-6-13(12,3)4/h8,11-12,16H,5-7H2,1-4H3. The summed E-state index contributed by atoms with van der Waals surface area (Å²) in [5.74, 6) is 1.06. The molecule has 0 spiro atoms. The van der Waals surface area contributed by atoms with Gasteiger partial charge in [-0.25, -0.2) is 4.98 Å². The first-order chi connectivity index (χ1) is 7.40. The van der Waals surface area contributed by atoms with E-state index >= 15 is 0 Å². The average molecular weight is 222 g/mol. The van der Waals surface area contributed by atoms with Crippen molar-refractivity contribution in [1.82, 2.24) is 9.55 Å². The Morgan fingerprint density at radius 3 is 2.69 bits per heavy atom. The van der Waals surface area contributed by atoms with Crippen LogP contribution in [0.1, 0.15) is 50.7 Å². The highest BCUT2D eigenvalue weighted by Crippen LogP contribution is 2.44. The second-order valence-corrected chi connectivity index (χ2v) is 5.77. The summed E-state index contributed by atoms with van der Waals surface area (Å²) in [6.45, 7) is 8.65. The zero-order chi connectivity index (χ0) is 11.9. The number of hydrogen-bond donors (Lipinski definition) is 1. The summed E-state index contributed by atoms with van der Waals surface area (Å²) in [6, 6.07) is 0.373. The summed E-state index contributed by atoms with van der Waals surface area (Å²) in [5, 5.41) is 9.84. The molecule has 0 radical (unpaired) electrons. The van der Waals surface area contributed by atoms with E-state index in [1.54, 1.807) is 0 Å². The maximum absolute atomic E-state index is 9.84. The Morgan fingerprint density at radius 2 is 2.12 bits per heavy atom.